The standard InChI is InChI=1S/C22H21ClN4O3S/c1-13(28)24-16-9-7-15(8-10-16)20-12-31-22(26-20)27-21(30)11-19(25-14(2)29)17-5-3-4-6-18(17)23/h3-10,12,19H,11H2,1-2H3,(H,24,28)(H,25,29)(H,26,27,30). The Bertz CT molecular complexity index is 1100. The van der Waals surface area contributed by atoms with Gasteiger partial charge < -0.3 is 16.0 Å². The average molecular weight is 457 g/mol. The van der Waals surface area contributed by atoms with E-state index in [4.69, 9.17) is 11.6 Å². The Balaban J connectivity index is 1.67. The van der Waals surface area contributed by atoms with Gasteiger partial charge in [0, 0.05) is 35.5 Å². The summed E-state index contributed by atoms with van der Waals surface area (Å²) in [6.45, 7) is 2.84. The summed E-state index contributed by atoms with van der Waals surface area (Å²) in [6, 6.07) is 13.8. The smallest absolute Gasteiger partial charge is 0.228 e. The Morgan fingerprint density at radius 2 is 1.71 bits per heavy atom. The lowest BCUT2D eigenvalue weighted by Gasteiger charge is -2.18. The Kier molecular flexibility index (Phi) is 7.38. The van der Waals surface area contributed by atoms with E-state index in [2.05, 4.69) is 20.9 Å². The number of thiazole rings is 1. The minimum absolute atomic E-state index is 0.0175. The van der Waals surface area contributed by atoms with Crippen LogP contribution >= 0.6 is 22.9 Å². The number of hydrogen-bond donors (Lipinski definition) is 3. The molecule has 3 aromatic rings. The molecular formula is C22H21ClN4O3S. The molecular weight excluding hydrogens is 436 g/mol. The number of nitrogens with zero attached hydrogens (tertiary/aromatic N) is 1. The van der Waals surface area contributed by atoms with Gasteiger partial charge in [0.25, 0.3) is 0 Å². The van der Waals surface area contributed by atoms with E-state index in [-0.39, 0.29) is 24.1 Å². The van der Waals surface area contributed by atoms with E-state index in [9.17, 15) is 14.4 Å². The van der Waals surface area contributed by atoms with Crippen LogP contribution in [-0.2, 0) is 14.4 Å². The molecule has 160 valence electrons. The molecule has 0 radical (unpaired) electrons. The molecule has 0 spiro atoms. The van der Waals surface area contributed by atoms with Crippen LogP contribution in [0.5, 0.6) is 0 Å². The summed E-state index contributed by atoms with van der Waals surface area (Å²) in [6.07, 6.45) is 0.0175. The summed E-state index contributed by atoms with van der Waals surface area (Å²) < 4.78 is 0. The van der Waals surface area contributed by atoms with Gasteiger partial charge in [-0.15, -0.1) is 11.3 Å². The second-order valence-corrected chi connectivity index (χ2v) is 8.09. The fraction of sp³-hybridized carbons (Fsp3) is 0.182. The first-order chi connectivity index (χ1) is 14.8. The van der Waals surface area contributed by atoms with Gasteiger partial charge in [-0.1, -0.05) is 41.9 Å². The van der Waals surface area contributed by atoms with Gasteiger partial charge in [0.15, 0.2) is 5.13 Å². The van der Waals surface area contributed by atoms with Crippen molar-refractivity contribution in [1.82, 2.24) is 10.3 Å². The van der Waals surface area contributed by atoms with Crippen LogP contribution in [0, 0.1) is 0 Å². The van der Waals surface area contributed by atoms with Crippen LogP contribution < -0.4 is 16.0 Å². The molecule has 3 amide bonds. The van der Waals surface area contributed by atoms with Crippen molar-refractivity contribution in [1.29, 1.82) is 0 Å². The molecule has 0 bridgehead atoms. The highest BCUT2D eigenvalue weighted by atomic mass is 35.5. The van der Waals surface area contributed by atoms with Gasteiger partial charge in [-0.2, -0.15) is 0 Å². The first-order valence-electron chi connectivity index (χ1n) is 9.46. The summed E-state index contributed by atoms with van der Waals surface area (Å²) in [5.41, 5.74) is 2.94. The molecule has 0 fully saturated rings. The SMILES string of the molecule is CC(=O)Nc1ccc(-c2csc(NC(=O)CC(NC(C)=O)c3ccccc3Cl)n2)cc1. The molecule has 0 aliphatic heterocycles. The normalized spacial score (nSPS) is 11.5. The maximum Gasteiger partial charge on any atom is 0.228 e. The van der Waals surface area contributed by atoms with E-state index in [1.165, 1.54) is 25.2 Å². The van der Waals surface area contributed by atoms with E-state index in [0.717, 1.165) is 5.56 Å². The average Bonchev–Trinajstić information content (AvgIpc) is 3.16. The minimum atomic E-state index is -0.549. The quantitative estimate of drug-likeness (QED) is 0.482. The molecule has 1 atom stereocenters. The van der Waals surface area contributed by atoms with E-state index in [1.807, 2.05) is 17.5 Å². The first kappa shape index (κ1) is 22.5. The number of hydrogen-bond acceptors (Lipinski definition) is 5. The summed E-state index contributed by atoms with van der Waals surface area (Å²) in [7, 11) is 0. The summed E-state index contributed by atoms with van der Waals surface area (Å²) in [5.74, 6) is -0.682. The highest BCUT2D eigenvalue weighted by Gasteiger charge is 2.20. The van der Waals surface area contributed by atoms with Gasteiger partial charge in [-0.25, -0.2) is 4.98 Å². The molecule has 0 aliphatic carbocycles. The summed E-state index contributed by atoms with van der Waals surface area (Å²) >= 11 is 7.54. The van der Waals surface area contributed by atoms with Crippen LogP contribution in [0.1, 0.15) is 31.9 Å². The zero-order valence-corrected chi connectivity index (χ0v) is 18.5. The number of carbonyl (C=O) groups excluding carboxylic acids is 3. The molecule has 9 heteroatoms. The van der Waals surface area contributed by atoms with Crippen molar-refractivity contribution < 1.29 is 14.4 Å². The van der Waals surface area contributed by atoms with Gasteiger partial charge in [-0.05, 0) is 23.8 Å². The van der Waals surface area contributed by atoms with Gasteiger partial charge in [0.05, 0.1) is 18.2 Å². The van der Waals surface area contributed by atoms with Crippen molar-refractivity contribution in [3.8, 4) is 11.3 Å². The molecule has 0 saturated carbocycles. The zero-order valence-electron chi connectivity index (χ0n) is 16.9. The predicted molar refractivity (Wildman–Crippen MR) is 123 cm³/mol. The molecule has 2 aromatic carbocycles. The maximum atomic E-state index is 12.6. The van der Waals surface area contributed by atoms with Gasteiger partial charge >= 0.3 is 0 Å². The fourth-order valence-corrected chi connectivity index (χ4v) is 3.99. The topological polar surface area (TPSA) is 100 Å². The van der Waals surface area contributed by atoms with E-state index in [1.54, 1.807) is 36.4 Å². The number of benzene rings is 2. The van der Waals surface area contributed by atoms with Crippen molar-refractivity contribution in [3.63, 3.8) is 0 Å². The molecule has 3 N–H and O–H groups in total. The van der Waals surface area contributed by atoms with Crippen molar-refractivity contribution >= 4 is 51.5 Å². The van der Waals surface area contributed by atoms with Gasteiger partial charge in [-0.3, -0.25) is 14.4 Å². The fourth-order valence-electron chi connectivity index (χ4n) is 2.99. The molecule has 1 heterocycles. The molecule has 3 rings (SSSR count). The third kappa shape index (κ3) is 6.37. The third-order valence-corrected chi connectivity index (χ3v) is 5.40. The van der Waals surface area contributed by atoms with Gasteiger partial charge in [0.1, 0.15) is 0 Å². The molecule has 31 heavy (non-hydrogen) atoms. The van der Waals surface area contributed by atoms with E-state index in [0.29, 0.717) is 27.1 Å². The Morgan fingerprint density at radius 3 is 2.35 bits per heavy atom. The second-order valence-electron chi connectivity index (χ2n) is 6.82. The molecule has 0 aliphatic rings. The number of amides is 3. The predicted octanol–water partition coefficient (Wildman–Crippen LogP) is 4.63. The first-order valence-corrected chi connectivity index (χ1v) is 10.7. The lowest BCUT2D eigenvalue weighted by Crippen LogP contribution is -2.30. The second kappa shape index (κ2) is 10.2. The minimum Gasteiger partial charge on any atom is -0.349 e. The summed E-state index contributed by atoms with van der Waals surface area (Å²) in [5, 5.41) is 11.0. The highest BCUT2D eigenvalue weighted by molar-refractivity contribution is 7.14. The Hall–Kier alpha value is -3.23. The highest BCUT2D eigenvalue weighted by Crippen LogP contribution is 2.28. The van der Waals surface area contributed by atoms with Crippen molar-refractivity contribution in [2.45, 2.75) is 26.3 Å². The number of anilines is 2. The summed E-state index contributed by atoms with van der Waals surface area (Å²) in [4.78, 5) is 39.8. The monoisotopic (exact) mass is 456 g/mol. The van der Waals surface area contributed by atoms with E-state index < -0.39 is 6.04 Å². The number of aromatic nitrogens is 1. The van der Waals surface area contributed by atoms with Crippen molar-refractivity contribution in [2.24, 2.45) is 0 Å². The Morgan fingerprint density at radius 1 is 1.00 bits per heavy atom. The Labute approximate surface area is 188 Å². The van der Waals surface area contributed by atoms with Crippen LogP contribution in [0.4, 0.5) is 10.8 Å². The molecule has 1 unspecified atom stereocenters. The van der Waals surface area contributed by atoms with Crippen molar-refractivity contribution in [3.05, 3.63) is 64.5 Å². The number of carbonyl (C=O) groups is 3. The maximum absolute atomic E-state index is 12.6. The van der Waals surface area contributed by atoms with Crippen LogP contribution in [0.15, 0.2) is 53.9 Å². The van der Waals surface area contributed by atoms with E-state index >= 15 is 0 Å². The lowest BCUT2D eigenvalue weighted by atomic mass is 10.0. The van der Waals surface area contributed by atoms with Crippen LogP contribution in [0.2, 0.25) is 5.02 Å². The third-order valence-electron chi connectivity index (χ3n) is 4.30. The molecule has 7 nitrogen and oxygen atoms in total. The van der Waals surface area contributed by atoms with Crippen LogP contribution in [0.25, 0.3) is 11.3 Å². The number of halogens is 1. The van der Waals surface area contributed by atoms with Crippen molar-refractivity contribution in [2.75, 3.05) is 10.6 Å². The van der Waals surface area contributed by atoms with Gasteiger partial charge in [0.2, 0.25) is 17.7 Å². The number of nitrogens with one attached hydrogen (secondary N) is 3. The zero-order chi connectivity index (χ0) is 22.4. The van der Waals surface area contributed by atoms with Crippen LogP contribution in [0.3, 0.4) is 0 Å². The number of rotatable bonds is 7. The largest absolute Gasteiger partial charge is 0.349 e. The molecule has 0 saturated heterocycles. The van der Waals surface area contributed by atoms with Crippen LogP contribution in [-0.4, -0.2) is 22.7 Å². The lowest BCUT2D eigenvalue weighted by molar-refractivity contribution is -0.120. The molecule has 1 aromatic heterocycles.